The lowest BCUT2D eigenvalue weighted by atomic mass is 9.87. The molecule has 0 unspecified atom stereocenters. The second kappa shape index (κ2) is 13.2. The second-order valence-corrected chi connectivity index (χ2v) is 8.54. The van der Waals surface area contributed by atoms with Gasteiger partial charge in [0.15, 0.2) is 0 Å². The molecule has 1 amide bonds. The van der Waals surface area contributed by atoms with Gasteiger partial charge in [-0.25, -0.2) is 9.97 Å². The molecule has 0 radical (unpaired) electrons. The number of amides is 1. The molecule has 3 atom stereocenters. The molecule has 2 aromatic rings. The van der Waals surface area contributed by atoms with Crippen LogP contribution in [0.5, 0.6) is 5.88 Å². The molecule has 2 fully saturated rings. The molecule has 35 heavy (non-hydrogen) atoms. The summed E-state index contributed by atoms with van der Waals surface area (Å²) in [6, 6.07) is 10.4. The van der Waals surface area contributed by atoms with Crippen molar-refractivity contribution in [1.29, 1.82) is 0 Å². The van der Waals surface area contributed by atoms with Gasteiger partial charge in [0.05, 0.1) is 19.7 Å². The number of rotatable bonds is 5. The highest BCUT2D eigenvalue weighted by atomic mass is 16.5. The Hall–Kier alpha value is -3.73. The highest BCUT2D eigenvalue weighted by molar-refractivity contribution is 5.79. The number of carbonyl (C=O) groups is 3. The number of nitrogens with zero attached hydrogens (tertiary/aromatic N) is 5. The van der Waals surface area contributed by atoms with Gasteiger partial charge in [-0.2, -0.15) is 0 Å². The number of anilines is 1. The van der Waals surface area contributed by atoms with Crippen LogP contribution in [0.25, 0.3) is 0 Å². The minimum absolute atomic E-state index is 0.0994. The lowest BCUT2D eigenvalue weighted by Gasteiger charge is -2.32. The molecule has 2 saturated heterocycles. The topological polar surface area (TPSA) is 136 Å². The van der Waals surface area contributed by atoms with Crippen LogP contribution in [0.1, 0.15) is 17.2 Å². The van der Waals surface area contributed by atoms with Gasteiger partial charge in [0.1, 0.15) is 12.1 Å². The summed E-state index contributed by atoms with van der Waals surface area (Å²) in [6.45, 7) is 4.62. The summed E-state index contributed by atoms with van der Waals surface area (Å²) in [5.74, 6) is 2.47. The van der Waals surface area contributed by atoms with E-state index in [2.05, 4.69) is 51.0 Å². The molecule has 1 aromatic carbocycles. The van der Waals surface area contributed by atoms with Gasteiger partial charge in [0.25, 0.3) is 12.9 Å². The molecule has 1 aromatic heterocycles. The first-order valence-corrected chi connectivity index (χ1v) is 11.1. The molecular weight excluding hydrogens is 454 g/mol. The maximum atomic E-state index is 13.1. The van der Waals surface area contributed by atoms with Gasteiger partial charge in [-0.3, -0.25) is 14.4 Å². The Morgan fingerprint density at radius 2 is 1.80 bits per heavy atom. The molecule has 2 aliphatic rings. The zero-order valence-corrected chi connectivity index (χ0v) is 20.4. The highest BCUT2D eigenvalue weighted by Crippen LogP contribution is 2.46. The number of aromatic nitrogens is 2. The lowest BCUT2D eigenvalue weighted by Crippen LogP contribution is -2.40. The van der Waals surface area contributed by atoms with Gasteiger partial charge in [0, 0.05) is 37.5 Å². The Bertz CT molecular complexity index is 982. The van der Waals surface area contributed by atoms with E-state index in [1.54, 1.807) is 13.4 Å². The van der Waals surface area contributed by atoms with E-state index in [0.29, 0.717) is 24.3 Å². The van der Waals surface area contributed by atoms with Crippen LogP contribution >= 0.6 is 0 Å². The average molecular weight is 488 g/mol. The van der Waals surface area contributed by atoms with Gasteiger partial charge in [-0.1, -0.05) is 24.3 Å². The van der Waals surface area contributed by atoms with E-state index in [1.165, 1.54) is 11.1 Å². The zero-order chi connectivity index (χ0) is 26.0. The molecule has 4 rings (SSSR count). The molecule has 190 valence electrons. The van der Waals surface area contributed by atoms with Crippen molar-refractivity contribution >= 4 is 24.7 Å². The van der Waals surface area contributed by atoms with E-state index < -0.39 is 0 Å². The number of aryl methyl sites for hydroxylation is 1. The maximum Gasteiger partial charge on any atom is 0.290 e. The third kappa shape index (κ3) is 6.89. The Balaban J connectivity index is 0.000000655. The summed E-state index contributed by atoms with van der Waals surface area (Å²) < 4.78 is 5.26. The fraction of sp³-hybridized carbons (Fsp3) is 0.458. The number of likely N-dealkylation sites (tertiary alicyclic amines) is 1. The zero-order valence-electron chi connectivity index (χ0n) is 20.4. The van der Waals surface area contributed by atoms with E-state index in [0.717, 1.165) is 25.5 Å². The number of hydrogen-bond donors (Lipinski definition) is 2. The van der Waals surface area contributed by atoms with Crippen LogP contribution < -0.4 is 9.64 Å². The van der Waals surface area contributed by atoms with Crippen molar-refractivity contribution in [1.82, 2.24) is 19.8 Å². The molecule has 11 nitrogen and oxygen atoms in total. The minimum Gasteiger partial charge on any atom is -0.483 e. The standard InChI is InChI=1S/C22H29N5O2.2CH2O2/c1-15-7-5-6-8-17(15)22-18-12-26(19-9-20(29-4)24-14-23-19)10-16(18)11-27(22)21(28)13-25(2)3;2*2-1-3/h5-9,14,16,18,22H,10-13H2,1-4H3;2*1H,(H,2,3)/t16-,18-,22+;;/m1../s1. The van der Waals surface area contributed by atoms with Crippen molar-refractivity contribution in [2.24, 2.45) is 11.8 Å². The SMILES string of the molecule is COc1cc(N2C[C@@H]3CN(C(=O)CN(C)C)[C@@H](c4ccccc4C)[C@@H]3C2)ncn1.O=CO.O=CO. The predicted molar refractivity (Wildman–Crippen MR) is 129 cm³/mol. The molecule has 11 heteroatoms. The van der Waals surface area contributed by atoms with E-state index >= 15 is 0 Å². The highest BCUT2D eigenvalue weighted by Gasteiger charge is 2.49. The number of carboxylic acid groups (broad SMARTS) is 2. The van der Waals surface area contributed by atoms with Crippen molar-refractivity contribution in [2.75, 3.05) is 52.3 Å². The third-order valence-corrected chi connectivity index (χ3v) is 6.10. The van der Waals surface area contributed by atoms with E-state index in [-0.39, 0.29) is 24.9 Å². The molecule has 0 aliphatic carbocycles. The predicted octanol–water partition coefficient (Wildman–Crippen LogP) is 1.39. The Morgan fingerprint density at radius 1 is 1.14 bits per heavy atom. The molecule has 2 N–H and O–H groups in total. The van der Waals surface area contributed by atoms with Crippen LogP contribution in [0.3, 0.4) is 0 Å². The van der Waals surface area contributed by atoms with Gasteiger partial charge in [0.2, 0.25) is 11.8 Å². The van der Waals surface area contributed by atoms with Crippen molar-refractivity contribution in [3.8, 4) is 5.88 Å². The van der Waals surface area contributed by atoms with E-state index in [4.69, 9.17) is 24.5 Å². The minimum atomic E-state index is -0.250. The number of likely N-dealkylation sites (N-methyl/N-ethyl adjacent to an activating group) is 1. The van der Waals surface area contributed by atoms with Crippen molar-refractivity contribution < 1.29 is 29.3 Å². The van der Waals surface area contributed by atoms with Crippen LogP contribution in [0.15, 0.2) is 36.7 Å². The summed E-state index contributed by atoms with van der Waals surface area (Å²) >= 11 is 0. The summed E-state index contributed by atoms with van der Waals surface area (Å²) in [5, 5.41) is 13.8. The maximum absolute atomic E-state index is 13.1. The molecular formula is C24H33N5O6. The van der Waals surface area contributed by atoms with Gasteiger partial charge in [-0.05, 0) is 32.1 Å². The van der Waals surface area contributed by atoms with Crippen molar-refractivity contribution in [3.05, 3.63) is 47.8 Å². The summed E-state index contributed by atoms with van der Waals surface area (Å²) in [4.78, 5) is 44.7. The first kappa shape index (κ1) is 27.5. The first-order valence-electron chi connectivity index (χ1n) is 11.1. The van der Waals surface area contributed by atoms with Crippen molar-refractivity contribution in [2.45, 2.75) is 13.0 Å². The Morgan fingerprint density at radius 3 is 2.40 bits per heavy atom. The van der Waals surface area contributed by atoms with Crippen LogP contribution in [0.4, 0.5) is 5.82 Å². The number of ether oxygens (including phenoxy) is 1. The largest absolute Gasteiger partial charge is 0.483 e. The quantitative estimate of drug-likeness (QED) is 0.595. The smallest absolute Gasteiger partial charge is 0.290 e. The average Bonchev–Trinajstić information content (AvgIpc) is 3.39. The Labute approximate surface area is 205 Å². The van der Waals surface area contributed by atoms with Crippen LogP contribution in [-0.4, -0.2) is 96.2 Å². The first-order chi connectivity index (χ1) is 16.8. The fourth-order valence-corrected chi connectivity index (χ4v) is 4.78. The summed E-state index contributed by atoms with van der Waals surface area (Å²) in [5.41, 5.74) is 2.50. The summed E-state index contributed by atoms with van der Waals surface area (Å²) in [7, 11) is 5.51. The van der Waals surface area contributed by atoms with Crippen LogP contribution in [0, 0.1) is 18.8 Å². The van der Waals surface area contributed by atoms with E-state index in [9.17, 15) is 4.79 Å². The number of benzene rings is 1. The van der Waals surface area contributed by atoms with Gasteiger partial charge >= 0.3 is 0 Å². The summed E-state index contributed by atoms with van der Waals surface area (Å²) in [6.07, 6.45) is 1.55. The third-order valence-electron chi connectivity index (χ3n) is 6.10. The number of carbonyl (C=O) groups excluding carboxylic acids is 1. The molecule has 3 heterocycles. The fourth-order valence-electron chi connectivity index (χ4n) is 4.78. The molecule has 0 saturated carbocycles. The van der Waals surface area contributed by atoms with Gasteiger partial charge < -0.3 is 29.6 Å². The monoisotopic (exact) mass is 487 g/mol. The number of hydrogen-bond acceptors (Lipinski definition) is 8. The number of methoxy groups -OCH3 is 1. The Kier molecular flexibility index (Phi) is 10.4. The van der Waals surface area contributed by atoms with Crippen molar-refractivity contribution in [3.63, 3.8) is 0 Å². The molecule has 0 spiro atoms. The molecule has 2 aliphatic heterocycles. The lowest BCUT2D eigenvalue weighted by molar-refractivity contribution is -0.133. The van der Waals surface area contributed by atoms with Gasteiger partial charge in [-0.15, -0.1) is 0 Å². The number of fused-ring (bicyclic) bond motifs is 1. The second-order valence-electron chi connectivity index (χ2n) is 8.54. The van der Waals surface area contributed by atoms with E-state index in [1.807, 2.05) is 25.1 Å². The van der Waals surface area contributed by atoms with Crippen LogP contribution in [-0.2, 0) is 14.4 Å². The molecule has 0 bridgehead atoms. The van der Waals surface area contributed by atoms with Crippen LogP contribution in [0.2, 0.25) is 0 Å². The normalized spacial score (nSPS) is 20.2.